The molecule has 0 bridgehead atoms. The van der Waals surface area contributed by atoms with Crippen molar-refractivity contribution in [2.75, 3.05) is 11.4 Å². The van der Waals surface area contributed by atoms with Crippen LogP contribution in [0.4, 0.5) is 5.69 Å². The molecule has 1 saturated heterocycles. The van der Waals surface area contributed by atoms with Gasteiger partial charge in [-0.25, -0.2) is 4.79 Å². The number of aryl methyl sites for hydroxylation is 1. The molecule has 2 rings (SSSR count). The lowest BCUT2D eigenvalue weighted by molar-refractivity contribution is -0.131. The Morgan fingerprint density at radius 3 is 2.75 bits per heavy atom. The third-order valence-electron chi connectivity index (χ3n) is 4.11. The number of benzene rings is 1. The topological polar surface area (TPSA) is 40.5 Å². The van der Waals surface area contributed by atoms with E-state index in [1.54, 1.807) is 6.08 Å². The molecule has 1 aliphatic rings. The molecule has 1 heterocycles. The van der Waals surface area contributed by atoms with Crippen molar-refractivity contribution in [3.63, 3.8) is 0 Å². The lowest BCUT2D eigenvalue weighted by atomic mass is 9.94. The maximum atomic E-state index is 10.6. The molecule has 1 N–H and O–H groups in total. The van der Waals surface area contributed by atoms with Crippen LogP contribution in [0.3, 0.4) is 0 Å². The highest BCUT2D eigenvalue weighted by Crippen LogP contribution is 2.29. The van der Waals surface area contributed by atoms with Gasteiger partial charge < -0.3 is 10.0 Å². The van der Waals surface area contributed by atoms with E-state index in [2.05, 4.69) is 30.9 Å². The van der Waals surface area contributed by atoms with Crippen molar-refractivity contribution in [1.29, 1.82) is 0 Å². The van der Waals surface area contributed by atoms with E-state index in [1.807, 2.05) is 13.0 Å². The standard InChI is InChI=1S/C17H23NO2/c1-12-4-5-14(3)18(11-12)16-8-6-15(13(2)10-16)7-9-17(19)20/h6-10,12,14H,4-5,11H2,1-3H3,(H,19,20). The van der Waals surface area contributed by atoms with Crippen molar-refractivity contribution in [1.82, 2.24) is 0 Å². The van der Waals surface area contributed by atoms with Crippen LogP contribution in [0.5, 0.6) is 0 Å². The fourth-order valence-electron chi connectivity index (χ4n) is 2.84. The van der Waals surface area contributed by atoms with E-state index in [0.29, 0.717) is 6.04 Å². The zero-order chi connectivity index (χ0) is 14.7. The highest BCUT2D eigenvalue weighted by atomic mass is 16.4. The zero-order valence-corrected chi connectivity index (χ0v) is 12.5. The lowest BCUT2D eigenvalue weighted by Gasteiger charge is -2.38. The summed E-state index contributed by atoms with van der Waals surface area (Å²) in [6.07, 6.45) is 5.38. The average Bonchev–Trinajstić information content (AvgIpc) is 2.40. The first-order valence-corrected chi connectivity index (χ1v) is 7.25. The van der Waals surface area contributed by atoms with Crippen molar-refractivity contribution >= 4 is 17.7 Å². The number of anilines is 1. The van der Waals surface area contributed by atoms with Crippen molar-refractivity contribution < 1.29 is 9.90 Å². The van der Waals surface area contributed by atoms with Crippen LogP contribution in [0.2, 0.25) is 0 Å². The second-order valence-electron chi connectivity index (χ2n) is 5.90. The van der Waals surface area contributed by atoms with Crippen LogP contribution < -0.4 is 4.90 Å². The van der Waals surface area contributed by atoms with E-state index in [-0.39, 0.29) is 0 Å². The first-order chi connectivity index (χ1) is 9.47. The fourth-order valence-corrected chi connectivity index (χ4v) is 2.84. The molecule has 2 unspecified atom stereocenters. The average molecular weight is 273 g/mol. The molecule has 3 heteroatoms. The van der Waals surface area contributed by atoms with Gasteiger partial charge in [0.05, 0.1) is 0 Å². The van der Waals surface area contributed by atoms with Gasteiger partial charge >= 0.3 is 5.97 Å². The maximum Gasteiger partial charge on any atom is 0.328 e. The molecule has 1 aliphatic heterocycles. The van der Waals surface area contributed by atoms with Crippen molar-refractivity contribution in [2.24, 2.45) is 5.92 Å². The normalized spacial score (nSPS) is 23.2. The fraction of sp³-hybridized carbons (Fsp3) is 0.471. The van der Waals surface area contributed by atoms with Crippen LogP contribution in [0.1, 0.15) is 37.8 Å². The Labute approximate surface area is 120 Å². The van der Waals surface area contributed by atoms with E-state index in [1.165, 1.54) is 24.6 Å². The number of hydrogen-bond acceptors (Lipinski definition) is 2. The van der Waals surface area contributed by atoms with Crippen LogP contribution >= 0.6 is 0 Å². The van der Waals surface area contributed by atoms with Gasteiger partial charge in [0, 0.05) is 24.4 Å². The molecule has 3 nitrogen and oxygen atoms in total. The Hall–Kier alpha value is -1.77. The van der Waals surface area contributed by atoms with Crippen molar-refractivity contribution in [2.45, 2.75) is 39.7 Å². The van der Waals surface area contributed by atoms with E-state index >= 15 is 0 Å². The molecule has 0 aliphatic carbocycles. The predicted molar refractivity (Wildman–Crippen MR) is 83.1 cm³/mol. The minimum absolute atomic E-state index is 0.575. The molecular formula is C17H23NO2. The van der Waals surface area contributed by atoms with Gasteiger partial charge in [-0.3, -0.25) is 0 Å². The first-order valence-electron chi connectivity index (χ1n) is 7.25. The maximum absolute atomic E-state index is 10.6. The minimum atomic E-state index is -0.910. The minimum Gasteiger partial charge on any atom is -0.478 e. The molecule has 108 valence electrons. The smallest absolute Gasteiger partial charge is 0.328 e. The van der Waals surface area contributed by atoms with Gasteiger partial charge in [-0.1, -0.05) is 13.0 Å². The SMILES string of the molecule is Cc1cc(N2CC(C)CCC2C)ccc1C=CC(=O)O. The highest BCUT2D eigenvalue weighted by molar-refractivity contribution is 5.85. The Kier molecular flexibility index (Phi) is 4.48. The van der Waals surface area contributed by atoms with E-state index in [4.69, 9.17) is 5.11 Å². The summed E-state index contributed by atoms with van der Waals surface area (Å²) in [5.41, 5.74) is 3.33. The summed E-state index contributed by atoms with van der Waals surface area (Å²) in [4.78, 5) is 13.0. The van der Waals surface area contributed by atoms with Crippen molar-refractivity contribution in [3.05, 3.63) is 35.4 Å². The Morgan fingerprint density at radius 2 is 2.10 bits per heavy atom. The molecule has 0 saturated carbocycles. The van der Waals surface area contributed by atoms with Gasteiger partial charge in [-0.2, -0.15) is 0 Å². The Balaban J connectivity index is 2.22. The van der Waals surface area contributed by atoms with E-state index < -0.39 is 5.97 Å². The van der Waals surface area contributed by atoms with Crippen LogP contribution in [0.25, 0.3) is 6.08 Å². The second-order valence-corrected chi connectivity index (χ2v) is 5.90. The third-order valence-corrected chi connectivity index (χ3v) is 4.11. The van der Waals surface area contributed by atoms with Crippen LogP contribution in [-0.4, -0.2) is 23.7 Å². The van der Waals surface area contributed by atoms with Crippen LogP contribution in [-0.2, 0) is 4.79 Å². The van der Waals surface area contributed by atoms with Crippen LogP contribution in [0, 0.1) is 12.8 Å². The lowest BCUT2D eigenvalue weighted by Crippen LogP contribution is -2.41. The predicted octanol–water partition coefficient (Wildman–Crippen LogP) is 3.72. The molecule has 20 heavy (non-hydrogen) atoms. The number of aliphatic carboxylic acids is 1. The molecule has 2 atom stereocenters. The molecular weight excluding hydrogens is 250 g/mol. The number of nitrogens with zero attached hydrogens (tertiary/aromatic N) is 1. The molecule has 0 radical (unpaired) electrons. The van der Waals surface area contributed by atoms with E-state index in [0.717, 1.165) is 23.6 Å². The largest absolute Gasteiger partial charge is 0.478 e. The van der Waals surface area contributed by atoms with Gasteiger partial charge in [0.2, 0.25) is 0 Å². The van der Waals surface area contributed by atoms with Crippen molar-refractivity contribution in [3.8, 4) is 0 Å². The third kappa shape index (κ3) is 3.41. The van der Waals surface area contributed by atoms with Crippen LogP contribution in [0.15, 0.2) is 24.3 Å². The molecule has 1 fully saturated rings. The van der Waals surface area contributed by atoms with E-state index in [9.17, 15) is 4.79 Å². The summed E-state index contributed by atoms with van der Waals surface area (Å²) in [6, 6.07) is 6.85. The summed E-state index contributed by atoms with van der Waals surface area (Å²) >= 11 is 0. The summed E-state index contributed by atoms with van der Waals surface area (Å²) in [7, 11) is 0. The van der Waals surface area contributed by atoms with Gasteiger partial charge in [-0.05, 0) is 61.9 Å². The molecule has 0 aromatic heterocycles. The first kappa shape index (κ1) is 14.6. The molecule has 1 aromatic carbocycles. The number of piperidine rings is 1. The number of carboxylic acids is 1. The number of rotatable bonds is 3. The summed E-state index contributed by atoms with van der Waals surface area (Å²) < 4.78 is 0. The van der Waals surface area contributed by atoms with Gasteiger partial charge in [0.1, 0.15) is 0 Å². The second kappa shape index (κ2) is 6.12. The zero-order valence-electron chi connectivity index (χ0n) is 12.5. The molecule has 0 spiro atoms. The summed E-state index contributed by atoms with van der Waals surface area (Å²) in [6.45, 7) is 7.71. The number of carboxylic acid groups (broad SMARTS) is 1. The quantitative estimate of drug-likeness (QED) is 0.853. The highest BCUT2D eigenvalue weighted by Gasteiger charge is 2.23. The van der Waals surface area contributed by atoms with Gasteiger partial charge in [0.25, 0.3) is 0 Å². The monoisotopic (exact) mass is 273 g/mol. The number of hydrogen-bond donors (Lipinski definition) is 1. The molecule has 0 amide bonds. The molecule has 1 aromatic rings. The summed E-state index contributed by atoms with van der Waals surface area (Å²) in [5.74, 6) is -0.176. The number of carbonyl (C=O) groups is 1. The Morgan fingerprint density at radius 1 is 1.35 bits per heavy atom. The van der Waals surface area contributed by atoms with Gasteiger partial charge in [0.15, 0.2) is 0 Å². The summed E-state index contributed by atoms with van der Waals surface area (Å²) in [5, 5.41) is 8.69. The Bertz CT molecular complexity index is 522. The van der Waals surface area contributed by atoms with Gasteiger partial charge in [-0.15, -0.1) is 0 Å².